The molecule has 0 aliphatic heterocycles. The zero-order chi connectivity index (χ0) is 17.1. The molecule has 0 amide bonds. The van der Waals surface area contributed by atoms with Crippen molar-refractivity contribution >= 4 is 0 Å². The number of hydrogen-bond donors (Lipinski definition) is 0. The van der Waals surface area contributed by atoms with E-state index in [-0.39, 0.29) is 5.82 Å². The van der Waals surface area contributed by atoms with Gasteiger partial charge in [-0.25, -0.2) is 4.39 Å². The summed E-state index contributed by atoms with van der Waals surface area (Å²) in [5, 5.41) is 14.0. The third-order valence-corrected chi connectivity index (χ3v) is 3.79. The minimum atomic E-state index is -0.264. The first-order valence-corrected chi connectivity index (χ1v) is 7.90. The summed E-state index contributed by atoms with van der Waals surface area (Å²) in [6, 6.07) is 16.1. The normalized spacial score (nSPS) is 10.8. The zero-order valence-electron chi connectivity index (χ0n) is 13.7. The molecule has 0 aliphatic rings. The number of halogens is 1. The molecule has 0 aliphatic carbocycles. The maximum atomic E-state index is 13.1. The lowest BCUT2D eigenvalue weighted by Crippen LogP contribution is -2.04. The molecule has 1 aromatic heterocycles. The number of nitriles is 1. The second kappa shape index (κ2) is 6.67. The van der Waals surface area contributed by atoms with Crippen molar-refractivity contribution in [2.24, 2.45) is 5.92 Å². The van der Waals surface area contributed by atoms with Crippen molar-refractivity contribution in [3.8, 4) is 28.5 Å². The maximum Gasteiger partial charge on any atom is 0.123 e. The fraction of sp³-hybridized carbons (Fsp3) is 0.200. The lowest BCUT2D eigenvalue weighted by atomic mass is 9.98. The Kier molecular flexibility index (Phi) is 4.43. The smallest absolute Gasteiger partial charge is 0.123 e. The van der Waals surface area contributed by atoms with E-state index in [4.69, 9.17) is 0 Å². The summed E-state index contributed by atoms with van der Waals surface area (Å²) in [7, 11) is 0. The van der Waals surface area contributed by atoms with E-state index >= 15 is 0 Å². The highest BCUT2D eigenvalue weighted by molar-refractivity contribution is 5.75. The first-order chi connectivity index (χ1) is 11.6. The molecule has 1 heterocycles. The van der Waals surface area contributed by atoms with E-state index in [0.717, 1.165) is 28.9 Å². The summed E-state index contributed by atoms with van der Waals surface area (Å²) in [5.41, 5.74) is 3.99. The average molecular weight is 319 g/mol. The summed E-state index contributed by atoms with van der Waals surface area (Å²) in [4.78, 5) is 0. The molecule has 0 atom stereocenters. The second-order valence-corrected chi connectivity index (χ2v) is 6.20. The summed E-state index contributed by atoms with van der Waals surface area (Å²) < 4.78 is 15.0. The van der Waals surface area contributed by atoms with Crippen LogP contribution in [0.5, 0.6) is 0 Å². The van der Waals surface area contributed by atoms with Crippen molar-refractivity contribution in [1.82, 2.24) is 9.78 Å². The molecule has 3 rings (SSSR count). The van der Waals surface area contributed by atoms with Gasteiger partial charge in [0, 0.05) is 18.3 Å². The summed E-state index contributed by atoms with van der Waals surface area (Å²) >= 11 is 0. The molecular weight excluding hydrogens is 301 g/mol. The largest absolute Gasteiger partial charge is 0.272 e. The Balaban J connectivity index is 2.03. The highest BCUT2D eigenvalue weighted by atomic mass is 19.1. The third kappa shape index (κ3) is 3.36. The Morgan fingerprint density at radius 2 is 1.79 bits per heavy atom. The zero-order valence-corrected chi connectivity index (χ0v) is 13.7. The van der Waals surface area contributed by atoms with E-state index in [1.54, 1.807) is 18.2 Å². The van der Waals surface area contributed by atoms with Crippen LogP contribution in [-0.4, -0.2) is 9.78 Å². The van der Waals surface area contributed by atoms with Gasteiger partial charge in [0.25, 0.3) is 0 Å². The summed E-state index contributed by atoms with van der Waals surface area (Å²) in [6.45, 7) is 5.11. The van der Waals surface area contributed by atoms with Gasteiger partial charge in [0.05, 0.1) is 17.3 Å². The van der Waals surface area contributed by atoms with E-state index < -0.39 is 0 Å². The molecule has 0 saturated heterocycles. The molecule has 0 fully saturated rings. The maximum absolute atomic E-state index is 13.1. The van der Waals surface area contributed by atoms with E-state index in [9.17, 15) is 9.65 Å². The van der Waals surface area contributed by atoms with Crippen LogP contribution in [0.1, 0.15) is 19.4 Å². The topological polar surface area (TPSA) is 41.6 Å². The van der Waals surface area contributed by atoms with Crippen LogP contribution in [0.2, 0.25) is 0 Å². The van der Waals surface area contributed by atoms with Crippen LogP contribution in [0.3, 0.4) is 0 Å². The van der Waals surface area contributed by atoms with Gasteiger partial charge in [0.2, 0.25) is 0 Å². The molecular formula is C20H18FN3. The minimum absolute atomic E-state index is 0.264. The fourth-order valence-corrected chi connectivity index (χ4v) is 2.66. The van der Waals surface area contributed by atoms with Crippen LogP contribution < -0.4 is 0 Å². The first kappa shape index (κ1) is 15.9. The van der Waals surface area contributed by atoms with Crippen LogP contribution in [0, 0.1) is 23.1 Å². The summed E-state index contributed by atoms with van der Waals surface area (Å²) in [5.74, 6) is 0.235. The van der Waals surface area contributed by atoms with Crippen LogP contribution in [0.4, 0.5) is 4.39 Å². The van der Waals surface area contributed by atoms with E-state index in [1.807, 2.05) is 29.1 Å². The highest BCUT2D eigenvalue weighted by Crippen LogP contribution is 2.28. The standard InChI is InChI=1S/C20H18FN3/c1-14(2)13-24-10-9-20(23-24)19-11-16(3-4-17(19)12-22)15-5-7-18(21)8-6-15/h3-11,14H,13H2,1-2H3. The highest BCUT2D eigenvalue weighted by Gasteiger charge is 2.11. The SMILES string of the molecule is CC(C)Cn1ccc(-c2cc(-c3ccc(F)cc3)ccc2C#N)n1. The lowest BCUT2D eigenvalue weighted by Gasteiger charge is -2.07. The Morgan fingerprint density at radius 1 is 1.08 bits per heavy atom. The molecule has 0 radical (unpaired) electrons. The molecule has 3 aromatic rings. The summed E-state index contributed by atoms with van der Waals surface area (Å²) in [6.07, 6.45) is 1.93. The van der Waals surface area contributed by atoms with Gasteiger partial charge in [-0.3, -0.25) is 4.68 Å². The van der Waals surface area contributed by atoms with E-state index in [0.29, 0.717) is 11.5 Å². The molecule has 120 valence electrons. The number of hydrogen-bond acceptors (Lipinski definition) is 2. The molecule has 3 nitrogen and oxygen atoms in total. The van der Waals surface area contributed by atoms with Gasteiger partial charge in [-0.15, -0.1) is 0 Å². The van der Waals surface area contributed by atoms with Crippen LogP contribution in [0.15, 0.2) is 54.7 Å². The minimum Gasteiger partial charge on any atom is -0.272 e. The Labute approximate surface area is 141 Å². The predicted octanol–water partition coefficient (Wildman–Crippen LogP) is 4.88. The van der Waals surface area contributed by atoms with Crippen molar-refractivity contribution in [1.29, 1.82) is 5.26 Å². The average Bonchev–Trinajstić information content (AvgIpc) is 3.02. The van der Waals surface area contributed by atoms with Crippen LogP contribution >= 0.6 is 0 Å². The molecule has 4 heteroatoms. The molecule has 2 aromatic carbocycles. The van der Waals surface area contributed by atoms with Gasteiger partial charge in [-0.2, -0.15) is 10.4 Å². The number of benzene rings is 2. The van der Waals surface area contributed by atoms with Crippen molar-refractivity contribution in [3.05, 3.63) is 66.1 Å². The molecule has 24 heavy (non-hydrogen) atoms. The Bertz CT molecular complexity index is 886. The second-order valence-electron chi connectivity index (χ2n) is 6.20. The van der Waals surface area contributed by atoms with E-state index in [1.165, 1.54) is 12.1 Å². The van der Waals surface area contributed by atoms with Crippen LogP contribution in [0.25, 0.3) is 22.4 Å². The lowest BCUT2D eigenvalue weighted by molar-refractivity contribution is 0.484. The quantitative estimate of drug-likeness (QED) is 0.687. The first-order valence-electron chi connectivity index (χ1n) is 7.90. The van der Waals surface area contributed by atoms with Gasteiger partial charge in [0.1, 0.15) is 5.82 Å². The van der Waals surface area contributed by atoms with Crippen molar-refractivity contribution < 1.29 is 4.39 Å². The predicted molar refractivity (Wildman–Crippen MR) is 92.6 cm³/mol. The van der Waals surface area contributed by atoms with Gasteiger partial charge in [-0.1, -0.05) is 32.0 Å². The molecule has 0 saturated carbocycles. The van der Waals surface area contributed by atoms with Crippen molar-refractivity contribution in [2.75, 3.05) is 0 Å². The molecule has 0 spiro atoms. The number of rotatable bonds is 4. The number of nitrogens with zero attached hydrogens (tertiary/aromatic N) is 3. The third-order valence-electron chi connectivity index (χ3n) is 3.79. The van der Waals surface area contributed by atoms with Crippen molar-refractivity contribution in [3.63, 3.8) is 0 Å². The number of aromatic nitrogens is 2. The van der Waals surface area contributed by atoms with E-state index in [2.05, 4.69) is 25.0 Å². The molecule has 0 N–H and O–H groups in total. The Morgan fingerprint density at radius 3 is 2.46 bits per heavy atom. The van der Waals surface area contributed by atoms with Gasteiger partial charge in [0.15, 0.2) is 0 Å². The van der Waals surface area contributed by atoms with Crippen molar-refractivity contribution in [2.45, 2.75) is 20.4 Å². The Hall–Kier alpha value is -2.93. The molecule has 0 unspecified atom stereocenters. The fourth-order valence-electron chi connectivity index (χ4n) is 2.66. The van der Waals surface area contributed by atoms with Gasteiger partial charge < -0.3 is 0 Å². The van der Waals surface area contributed by atoms with Gasteiger partial charge in [-0.05, 0) is 47.4 Å². The molecule has 0 bridgehead atoms. The van der Waals surface area contributed by atoms with Gasteiger partial charge >= 0.3 is 0 Å². The monoisotopic (exact) mass is 319 g/mol. The van der Waals surface area contributed by atoms with Crippen LogP contribution in [-0.2, 0) is 6.54 Å².